The van der Waals surface area contributed by atoms with Crippen LogP contribution < -0.4 is 5.32 Å². The number of halogens is 1. The van der Waals surface area contributed by atoms with E-state index in [4.69, 9.17) is 4.74 Å². The Hall–Kier alpha value is -1.95. The van der Waals surface area contributed by atoms with Gasteiger partial charge in [-0.25, -0.2) is 9.18 Å². The highest BCUT2D eigenvalue weighted by Gasteiger charge is 2.35. The first-order chi connectivity index (χ1) is 12.1. The van der Waals surface area contributed by atoms with E-state index in [0.717, 1.165) is 19.4 Å². The van der Waals surface area contributed by atoms with Crippen molar-refractivity contribution in [2.24, 2.45) is 11.8 Å². The molecule has 0 spiro atoms. The highest BCUT2D eigenvalue weighted by atomic mass is 19.1. The van der Waals surface area contributed by atoms with Crippen molar-refractivity contribution >= 4 is 11.9 Å². The maximum Gasteiger partial charge on any atom is 0.327 e. The standard InChI is InChI=1S/C19H25FN2O3/c1-25-19(24)17(14-6-8-16(20)9-7-14)22-10-2-3-15(12-22)18(23)21-11-13-4-5-13/h6-9,13,15,17H,2-5,10-12H2,1H3,(H,21,23)/t15-,17-/m1/s1. The molecule has 1 aromatic rings. The third-order valence-corrected chi connectivity index (χ3v) is 5.06. The Labute approximate surface area is 147 Å². The van der Waals surface area contributed by atoms with Gasteiger partial charge in [-0.3, -0.25) is 9.69 Å². The van der Waals surface area contributed by atoms with Gasteiger partial charge in [-0.05, 0) is 55.8 Å². The average molecular weight is 348 g/mol. The van der Waals surface area contributed by atoms with Gasteiger partial charge in [0.1, 0.15) is 11.9 Å². The minimum Gasteiger partial charge on any atom is -0.468 e. The Bertz CT molecular complexity index is 616. The summed E-state index contributed by atoms with van der Waals surface area (Å²) >= 11 is 0. The third-order valence-electron chi connectivity index (χ3n) is 5.06. The van der Waals surface area contributed by atoms with Gasteiger partial charge >= 0.3 is 5.97 Å². The summed E-state index contributed by atoms with van der Waals surface area (Å²) < 4.78 is 18.2. The van der Waals surface area contributed by atoms with Crippen LogP contribution in [0.3, 0.4) is 0 Å². The van der Waals surface area contributed by atoms with Gasteiger partial charge in [0.05, 0.1) is 13.0 Å². The maximum absolute atomic E-state index is 13.2. The van der Waals surface area contributed by atoms with E-state index in [1.165, 1.54) is 32.1 Å². The second-order valence-corrected chi connectivity index (χ2v) is 7.00. The van der Waals surface area contributed by atoms with Crippen LogP contribution in [0.5, 0.6) is 0 Å². The van der Waals surface area contributed by atoms with E-state index in [1.807, 2.05) is 4.90 Å². The molecule has 1 heterocycles. The first kappa shape index (κ1) is 17.9. The summed E-state index contributed by atoms with van der Waals surface area (Å²) in [4.78, 5) is 26.7. The fourth-order valence-corrected chi connectivity index (χ4v) is 3.42. The maximum atomic E-state index is 13.2. The van der Waals surface area contributed by atoms with Crippen LogP contribution in [0.2, 0.25) is 0 Å². The molecular weight excluding hydrogens is 323 g/mol. The molecule has 1 aliphatic heterocycles. The molecular formula is C19H25FN2O3. The fraction of sp³-hybridized carbons (Fsp3) is 0.579. The largest absolute Gasteiger partial charge is 0.468 e. The van der Waals surface area contributed by atoms with Crippen LogP contribution in [0.25, 0.3) is 0 Å². The highest BCUT2D eigenvalue weighted by molar-refractivity contribution is 5.80. The molecule has 2 aliphatic rings. The van der Waals surface area contributed by atoms with E-state index in [9.17, 15) is 14.0 Å². The summed E-state index contributed by atoms with van der Waals surface area (Å²) in [5.41, 5.74) is 0.687. The number of nitrogens with zero attached hydrogens (tertiary/aromatic N) is 1. The zero-order chi connectivity index (χ0) is 17.8. The molecule has 3 rings (SSSR count). The Morgan fingerprint density at radius 2 is 2.00 bits per heavy atom. The number of carbonyl (C=O) groups is 2. The Morgan fingerprint density at radius 3 is 2.64 bits per heavy atom. The molecule has 0 bridgehead atoms. The van der Waals surface area contributed by atoms with E-state index in [2.05, 4.69) is 5.32 Å². The van der Waals surface area contributed by atoms with Gasteiger partial charge in [-0.15, -0.1) is 0 Å². The summed E-state index contributed by atoms with van der Waals surface area (Å²) in [7, 11) is 1.35. The molecule has 0 aromatic heterocycles. The zero-order valence-electron chi connectivity index (χ0n) is 14.5. The molecule has 1 aromatic carbocycles. The molecule has 1 saturated carbocycles. The van der Waals surface area contributed by atoms with Crippen molar-refractivity contribution in [1.29, 1.82) is 0 Å². The number of benzene rings is 1. The molecule has 1 amide bonds. The van der Waals surface area contributed by atoms with Gasteiger partial charge in [0.25, 0.3) is 0 Å². The summed E-state index contributed by atoms with van der Waals surface area (Å²) in [6.07, 6.45) is 4.07. The number of esters is 1. The lowest BCUT2D eigenvalue weighted by Crippen LogP contribution is -2.46. The molecule has 1 aliphatic carbocycles. The van der Waals surface area contributed by atoms with Crippen LogP contribution in [0.1, 0.15) is 37.3 Å². The summed E-state index contributed by atoms with van der Waals surface area (Å²) in [5, 5.41) is 3.03. The normalized spacial score (nSPS) is 22.2. The molecule has 25 heavy (non-hydrogen) atoms. The van der Waals surface area contributed by atoms with E-state index < -0.39 is 6.04 Å². The van der Waals surface area contributed by atoms with Crippen molar-refractivity contribution < 1.29 is 18.7 Å². The van der Waals surface area contributed by atoms with Crippen molar-refractivity contribution in [2.75, 3.05) is 26.7 Å². The second kappa shape index (κ2) is 7.95. The lowest BCUT2D eigenvalue weighted by Gasteiger charge is -2.36. The summed E-state index contributed by atoms with van der Waals surface area (Å²) in [6.45, 7) is 1.98. The minimum absolute atomic E-state index is 0.0688. The third kappa shape index (κ3) is 4.57. The van der Waals surface area contributed by atoms with Gasteiger partial charge in [0.15, 0.2) is 0 Å². The summed E-state index contributed by atoms with van der Waals surface area (Å²) in [5.74, 6) is -0.140. The van der Waals surface area contributed by atoms with Gasteiger partial charge in [0.2, 0.25) is 5.91 Å². The number of methoxy groups -OCH3 is 1. The van der Waals surface area contributed by atoms with E-state index in [1.54, 1.807) is 12.1 Å². The van der Waals surface area contributed by atoms with E-state index >= 15 is 0 Å². The van der Waals surface area contributed by atoms with E-state index in [0.29, 0.717) is 24.6 Å². The number of carbonyl (C=O) groups excluding carboxylic acids is 2. The molecule has 2 fully saturated rings. The summed E-state index contributed by atoms with van der Waals surface area (Å²) in [6, 6.07) is 5.29. The minimum atomic E-state index is -0.607. The number of ether oxygens (including phenoxy) is 1. The number of piperidine rings is 1. The lowest BCUT2D eigenvalue weighted by molar-refractivity contribution is -0.149. The van der Waals surface area contributed by atoms with Gasteiger partial charge in [-0.1, -0.05) is 12.1 Å². The fourth-order valence-electron chi connectivity index (χ4n) is 3.42. The first-order valence-electron chi connectivity index (χ1n) is 8.93. The molecule has 0 radical (unpaired) electrons. The predicted octanol–water partition coefficient (Wildman–Crippen LogP) is 2.28. The SMILES string of the molecule is COC(=O)[C@@H](c1ccc(F)cc1)N1CCC[C@@H](C(=O)NCC2CC2)C1. The highest BCUT2D eigenvalue weighted by Crippen LogP contribution is 2.30. The molecule has 5 nitrogen and oxygen atoms in total. The van der Waals surface area contributed by atoms with Crippen molar-refractivity contribution in [3.8, 4) is 0 Å². The van der Waals surface area contributed by atoms with Crippen LogP contribution in [-0.2, 0) is 14.3 Å². The Kier molecular flexibility index (Phi) is 5.68. The van der Waals surface area contributed by atoms with Crippen LogP contribution in [0.4, 0.5) is 4.39 Å². The quantitative estimate of drug-likeness (QED) is 0.802. The number of amides is 1. The van der Waals surface area contributed by atoms with Crippen LogP contribution in [-0.4, -0.2) is 43.5 Å². The van der Waals surface area contributed by atoms with Crippen molar-refractivity contribution in [2.45, 2.75) is 31.7 Å². The Morgan fingerprint density at radius 1 is 1.28 bits per heavy atom. The van der Waals surface area contributed by atoms with Gasteiger partial charge < -0.3 is 10.1 Å². The Balaban J connectivity index is 1.69. The van der Waals surface area contributed by atoms with Crippen molar-refractivity contribution in [3.63, 3.8) is 0 Å². The average Bonchev–Trinajstić information content (AvgIpc) is 3.46. The molecule has 1 N–H and O–H groups in total. The van der Waals surface area contributed by atoms with Gasteiger partial charge in [0, 0.05) is 13.1 Å². The molecule has 1 saturated heterocycles. The number of hydrogen-bond donors (Lipinski definition) is 1. The first-order valence-corrected chi connectivity index (χ1v) is 8.93. The number of likely N-dealkylation sites (tertiary alicyclic amines) is 1. The monoisotopic (exact) mass is 348 g/mol. The number of hydrogen-bond acceptors (Lipinski definition) is 4. The van der Waals surface area contributed by atoms with Crippen LogP contribution in [0.15, 0.2) is 24.3 Å². The van der Waals surface area contributed by atoms with Crippen LogP contribution in [0, 0.1) is 17.7 Å². The topological polar surface area (TPSA) is 58.6 Å². The van der Waals surface area contributed by atoms with Crippen molar-refractivity contribution in [3.05, 3.63) is 35.6 Å². The second-order valence-electron chi connectivity index (χ2n) is 7.00. The number of nitrogens with one attached hydrogen (secondary N) is 1. The van der Waals surface area contributed by atoms with Crippen molar-refractivity contribution in [1.82, 2.24) is 10.2 Å². The molecule has 0 unspecified atom stereocenters. The zero-order valence-corrected chi connectivity index (χ0v) is 14.5. The molecule has 2 atom stereocenters. The molecule has 6 heteroatoms. The van der Waals surface area contributed by atoms with E-state index in [-0.39, 0.29) is 23.6 Å². The number of rotatable bonds is 6. The molecule has 136 valence electrons. The lowest BCUT2D eigenvalue weighted by atomic mass is 9.94. The smallest absolute Gasteiger partial charge is 0.327 e. The van der Waals surface area contributed by atoms with Crippen LogP contribution >= 0.6 is 0 Å². The predicted molar refractivity (Wildman–Crippen MR) is 91.2 cm³/mol. The van der Waals surface area contributed by atoms with Gasteiger partial charge in [-0.2, -0.15) is 0 Å².